The molecule has 1 aromatic carbocycles. The van der Waals surface area contributed by atoms with Crippen LogP contribution in [-0.4, -0.2) is 60.9 Å². The standard InChI is InChI=1S/C21H28N4O2S.HI/c1-2-22-21(25-10-12-27-19(14-25)18-9-6-11-26-18)23-13-17-15-28-20(24-17)16-7-4-3-5-8-16;/h3-5,7-8,15,18-19H,2,6,9-14H2,1H3,(H,22,23);1H. The number of rotatable bonds is 5. The molecule has 0 bridgehead atoms. The highest BCUT2D eigenvalue weighted by atomic mass is 127. The van der Waals surface area contributed by atoms with Gasteiger partial charge in [0.05, 0.1) is 24.9 Å². The zero-order valence-corrected chi connectivity index (χ0v) is 19.9. The van der Waals surface area contributed by atoms with Gasteiger partial charge in [-0.1, -0.05) is 30.3 Å². The third kappa shape index (κ3) is 5.90. The molecule has 2 unspecified atom stereocenters. The Labute approximate surface area is 193 Å². The second-order valence-electron chi connectivity index (χ2n) is 7.09. The zero-order valence-electron chi connectivity index (χ0n) is 16.8. The van der Waals surface area contributed by atoms with Gasteiger partial charge in [-0.3, -0.25) is 0 Å². The number of aromatic nitrogens is 1. The van der Waals surface area contributed by atoms with Crippen molar-refractivity contribution in [1.29, 1.82) is 0 Å². The smallest absolute Gasteiger partial charge is 0.194 e. The van der Waals surface area contributed by atoms with Crippen LogP contribution in [0.15, 0.2) is 40.7 Å². The largest absolute Gasteiger partial charge is 0.375 e. The van der Waals surface area contributed by atoms with Crippen LogP contribution >= 0.6 is 35.3 Å². The van der Waals surface area contributed by atoms with Crippen LogP contribution in [-0.2, 0) is 16.0 Å². The fourth-order valence-electron chi connectivity index (χ4n) is 3.66. The molecule has 0 spiro atoms. The first-order valence-corrected chi connectivity index (χ1v) is 11.0. The predicted molar refractivity (Wildman–Crippen MR) is 128 cm³/mol. The number of thiazole rings is 1. The lowest BCUT2D eigenvalue weighted by Gasteiger charge is -2.37. The molecule has 2 fully saturated rings. The van der Waals surface area contributed by atoms with E-state index in [0.29, 0.717) is 13.2 Å². The Balaban J connectivity index is 0.00000240. The van der Waals surface area contributed by atoms with Crippen LogP contribution in [0.2, 0.25) is 0 Å². The summed E-state index contributed by atoms with van der Waals surface area (Å²) in [5.74, 6) is 0.933. The van der Waals surface area contributed by atoms with Crippen LogP contribution in [0.1, 0.15) is 25.5 Å². The molecule has 158 valence electrons. The van der Waals surface area contributed by atoms with Gasteiger partial charge in [0.15, 0.2) is 5.96 Å². The summed E-state index contributed by atoms with van der Waals surface area (Å²) in [6, 6.07) is 10.3. The molecular formula is C21H29IN4O2S. The van der Waals surface area contributed by atoms with Gasteiger partial charge in [-0.05, 0) is 19.8 Å². The molecule has 4 rings (SSSR count). The summed E-state index contributed by atoms with van der Waals surface area (Å²) in [5.41, 5.74) is 2.16. The lowest BCUT2D eigenvalue weighted by atomic mass is 10.1. The monoisotopic (exact) mass is 528 g/mol. The number of hydrogen-bond donors (Lipinski definition) is 1. The van der Waals surface area contributed by atoms with E-state index in [-0.39, 0.29) is 36.2 Å². The van der Waals surface area contributed by atoms with Gasteiger partial charge in [0.2, 0.25) is 0 Å². The molecule has 2 aliphatic heterocycles. The summed E-state index contributed by atoms with van der Waals surface area (Å²) in [7, 11) is 0. The van der Waals surface area contributed by atoms with Crippen molar-refractivity contribution in [1.82, 2.24) is 15.2 Å². The SMILES string of the molecule is CCNC(=NCc1csc(-c2ccccc2)n1)N1CCOC(C2CCCO2)C1.I. The lowest BCUT2D eigenvalue weighted by molar-refractivity contribution is -0.0817. The molecule has 29 heavy (non-hydrogen) atoms. The summed E-state index contributed by atoms with van der Waals surface area (Å²) in [5, 5.41) is 6.57. The van der Waals surface area contributed by atoms with E-state index < -0.39 is 0 Å². The maximum Gasteiger partial charge on any atom is 0.194 e. The number of benzene rings is 1. The van der Waals surface area contributed by atoms with Gasteiger partial charge < -0.3 is 19.7 Å². The Bertz CT molecular complexity index is 780. The van der Waals surface area contributed by atoms with E-state index in [1.54, 1.807) is 11.3 Å². The highest BCUT2D eigenvalue weighted by Crippen LogP contribution is 2.24. The van der Waals surface area contributed by atoms with E-state index >= 15 is 0 Å². The second-order valence-corrected chi connectivity index (χ2v) is 7.95. The number of aliphatic imine (C=N–C) groups is 1. The van der Waals surface area contributed by atoms with Crippen LogP contribution in [0.25, 0.3) is 10.6 Å². The molecule has 2 atom stereocenters. The average Bonchev–Trinajstić information content (AvgIpc) is 3.44. The summed E-state index contributed by atoms with van der Waals surface area (Å²) in [4.78, 5) is 11.9. The van der Waals surface area contributed by atoms with E-state index in [9.17, 15) is 0 Å². The summed E-state index contributed by atoms with van der Waals surface area (Å²) < 4.78 is 11.8. The number of nitrogens with one attached hydrogen (secondary N) is 1. The molecule has 0 saturated carbocycles. The maximum absolute atomic E-state index is 5.98. The first kappa shape index (κ1) is 22.5. The molecular weight excluding hydrogens is 499 g/mol. The minimum atomic E-state index is 0. The van der Waals surface area contributed by atoms with E-state index in [1.807, 2.05) is 18.2 Å². The zero-order chi connectivity index (χ0) is 19.2. The molecule has 1 N–H and O–H groups in total. The topological polar surface area (TPSA) is 59.0 Å². The Morgan fingerprint density at radius 2 is 2.07 bits per heavy atom. The van der Waals surface area contributed by atoms with Gasteiger partial charge in [-0.25, -0.2) is 9.98 Å². The highest BCUT2D eigenvalue weighted by Gasteiger charge is 2.32. The van der Waals surface area contributed by atoms with Crippen molar-refractivity contribution < 1.29 is 9.47 Å². The third-order valence-electron chi connectivity index (χ3n) is 5.07. The molecule has 8 heteroatoms. The van der Waals surface area contributed by atoms with Gasteiger partial charge in [0.25, 0.3) is 0 Å². The third-order valence-corrected chi connectivity index (χ3v) is 6.01. The van der Waals surface area contributed by atoms with Gasteiger partial charge in [0, 0.05) is 37.2 Å². The molecule has 6 nitrogen and oxygen atoms in total. The van der Waals surface area contributed by atoms with Crippen molar-refractivity contribution in [3.8, 4) is 10.6 Å². The molecule has 0 amide bonds. The molecule has 3 heterocycles. The van der Waals surface area contributed by atoms with Gasteiger partial charge >= 0.3 is 0 Å². The van der Waals surface area contributed by atoms with Gasteiger partial charge in [-0.15, -0.1) is 35.3 Å². The average molecular weight is 528 g/mol. The van der Waals surface area contributed by atoms with Crippen molar-refractivity contribution in [2.24, 2.45) is 4.99 Å². The maximum atomic E-state index is 5.98. The van der Waals surface area contributed by atoms with E-state index in [2.05, 4.69) is 34.7 Å². The first-order valence-electron chi connectivity index (χ1n) is 10.1. The van der Waals surface area contributed by atoms with Crippen molar-refractivity contribution in [2.75, 3.05) is 32.8 Å². The fraction of sp³-hybridized carbons (Fsp3) is 0.524. The lowest BCUT2D eigenvalue weighted by Crippen LogP contribution is -2.53. The highest BCUT2D eigenvalue weighted by molar-refractivity contribution is 14.0. The quantitative estimate of drug-likeness (QED) is 0.364. The van der Waals surface area contributed by atoms with Crippen molar-refractivity contribution >= 4 is 41.3 Å². The van der Waals surface area contributed by atoms with Crippen LogP contribution in [0.5, 0.6) is 0 Å². The Kier molecular flexibility index (Phi) is 8.70. The molecule has 2 saturated heterocycles. The van der Waals surface area contributed by atoms with Crippen LogP contribution in [0.4, 0.5) is 0 Å². The van der Waals surface area contributed by atoms with Crippen LogP contribution < -0.4 is 5.32 Å². The van der Waals surface area contributed by atoms with Crippen LogP contribution in [0, 0.1) is 0 Å². The van der Waals surface area contributed by atoms with Gasteiger partial charge in [-0.2, -0.15) is 0 Å². The molecule has 0 aliphatic carbocycles. The Morgan fingerprint density at radius 1 is 1.24 bits per heavy atom. The molecule has 1 aromatic heterocycles. The van der Waals surface area contributed by atoms with E-state index in [0.717, 1.165) is 61.3 Å². The van der Waals surface area contributed by atoms with E-state index in [4.69, 9.17) is 19.5 Å². The summed E-state index contributed by atoms with van der Waals surface area (Å²) in [6.07, 6.45) is 2.57. The minimum Gasteiger partial charge on any atom is -0.375 e. The second kappa shape index (κ2) is 11.2. The molecule has 0 radical (unpaired) electrons. The predicted octanol–water partition coefficient (Wildman–Crippen LogP) is 3.77. The van der Waals surface area contributed by atoms with Crippen molar-refractivity contribution in [3.63, 3.8) is 0 Å². The normalized spacial score (nSPS) is 22.4. The first-order chi connectivity index (χ1) is 13.8. The number of morpholine rings is 1. The Hall–Kier alpha value is -1.23. The molecule has 2 aromatic rings. The van der Waals surface area contributed by atoms with Crippen molar-refractivity contribution in [3.05, 3.63) is 41.4 Å². The van der Waals surface area contributed by atoms with Crippen LogP contribution in [0.3, 0.4) is 0 Å². The molecule has 2 aliphatic rings. The number of guanidine groups is 1. The number of hydrogen-bond acceptors (Lipinski definition) is 5. The number of ether oxygens (including phenoxy) is 2. The number of nitrogens with zero attached hydrogens (tertiary/aromatic N) is 3. The Morgan fingerprint density at radius 3 is 2.83 bits per heavy atom. The van der Waals surface area contributed by atoms with Gasteiger partial charge in [0.1, 0.15) is 11.1 Å². The van der Waals surface area contributed by atoms with Crippen molar-refractivity contribution in [2.45, 2.75) is 38.5 Å². The fourth-order valence-corrected chi connectivity index (χ4v) is 4.48. The summed E-state index contributed by atoms with van der Waals surface area (Å²) in [6.45, 7) is 6.75. The number of halogens is 1. The summed E-state index contributed by atoms with van der Waals surface area (Å²) >= 11 is 1.67. The van der Waals surface area contributed by atoms with E-state index in [1.165, 1.54) is 0 Å². The minimum absolute atomic E-state index is 0.